The van der Waals surface area contributed by atoms with Crippen LogP contribution >= 0.6 is 0 Å². The first-order valence-electron chi connectivity index (χ1n) is 12.5. The Balaban J connectivity index is 1.43. The molecule has 0 atom stereocenters. The number of benzene rings is 1. The van der Waals surface area contributed by atoms with E-state index in [1.807, 2.05) is 20.9 Å². The minimum atomic E-state index is -3.58. The number of hydrogen-bond acceptors (Lipinski definition) is 5. The summed E-state index contributed by atoms with van der Waals surface area (Å²) >= 11 is 0. The van der Waals surface area contributed by atoms with Gasteiger partial charge in [-0.25, -0.2) is 8.42 Å². The highest BCUT2D eigenvalue weighted by Crippen LogP contribution is 2.36. The van der Waals surface area contributed by atoms with Crippen LogP contribution in [-0.2, 0) is 21.4 Å². The third-order valence-corrected chi connectivity index (χ3v) is 9.32. The second kappa shape index (κ2) is 9.91. The van der Waals surface area contributed by atoms with E-state index in [9.17, 15) is 13.2 Å². The van der Waals surface area contributed by atoms with E-state index in [-0.39, 0.29) is 5.91 Å². The molecule has 1 saturated carbocycles. The first kappa shape index (κ1) is 25.1. The van der Waals surface area contributed by atoms with Gasteiger partial charge < -0.3 is 10.6 Å². The fourth-order valence-electron chi connectivity index (χ4n) is 5.59. The molecule has 1 spiro atoms. The van der Waals surface area contributed by atoms with Crippen molar-refractivity contribution in [3.63, 3.8) is 0 Å². The molecular formula is C26H38N4O3S. The van der Waals surface area contributed by atoms with Crippen molar-refractivity contribution in [2.45, 2.75) is 71.4 Å². The van der Waals surface area contributed by atoms with Gasteiger partial charge in [0.15, 0.2) is 0 Å². The van der Waals surface area contributed by atoms with E-state index in [2.05, 4.69) is 29.7 Å². The average molecular weight is 487 g/mol. The van der Waals surface area contributed by atoms with Crippen LogP contribution in [0.4, 0.5) is 0 Å². The Labute approximate surface area is 204 Å². The number of aliphatic imine (C=N–C) groups is 1. The predicted octanol–water partition coefficient (Wildman–Crippen LogP) is 3.51. The van der Waals surface area contributed by atoms with Crippen molar-refractivity contribution in [3.8, 4) is 0 Å². The zero-order valence-corrected chi connectivity index (χ0v) is 21.7. The Morgan fingerprint density at radius 1 is 1.15 bits per heavy atom. The van der Waals surface area contributed by atoms with Crippen molar-refractivity contribution in [2.75, 3.05) is 20.1 Å². The van der Waals surface area contributed by atoms with Crippen LogP contribution in [0.3, 0.4) is 0 Å². The highest BCUT2D eigenvalue weighted by molar-refractivity contribution is 7.92. The van der Waals surface area contributed by atoms with Crippen LogP contribution in [0.1, 0.15) is 67.7 Å². The molecule has 1 aromatic rings. The topological polar surface area (TPSA) is 90.9 Å². The number of rotatable bonds is 6. The first-order chi connectivity index (χ1) is 16.1. The molecule has 0 aromatic heterocycles. The zero-order valence-electron chi connectivity index (χ0n) is 20.9. The lowest BCUT2D eigenvalue weighted by molar-refractivity contribution is -0.124. The van der Waals surface area contributed by atoms with E-state index < -0.39 is 15.6 Å². The summed E-state index contributed by atoms with van der Waals surface area (Å²) in [6, 6.07) is 4.17. The lowest BCUT2D eigenvalue weighted by Gasteiger charge is -2.34. The summed E-state index contributed by atoms with van der Waals surface area (Å²) in [6.07, 6.45) is 7.03. The van der Waals surface area contributed by atoms with Gasteiger partial charge in [0.05, 0.1) is 0 Å². The van der Waals surface area contributed by atoms with Crippen LogP contribution in [-0.4, -0.2) is 50.1 Å². The minimum absolute atomic E-state index is 0.0541. The Morgan fingerprint density at radius 3 is 2.35 bits per heavy atom. The fraction of sp³-hybridized carbons (Fsp3) is 0.615. The molecule has 2 heterocycles. The normalized spacial score (nSPS) is 25.6. The van der Waals surface area contributed by atoms with Gasteiger partial charge in [0, 0.05) is 31.0 Å². The maximum absolute atomic E-state index is 13.1. The van der Waals surface area contributed by atoms with Crippen LogP contribution in [0.5, 0.6) is 0 Å². The monoisotopic (exact) mass is 486 g/mol. The second-order valence-electron chi connectivity index (χ2n) is 10.4. The van der Waals surface area contributed by atoms with E-state index in [4.69, 9.17) is 4.99 Å². The number of piperidine rings is 1. The lowest BCUT2D eigenvalue weighted by Crippen LogP contribution is -2.50. The van der Waals surface area contributed by atoms with Crippen molar-refractivity contribution in [2.24, 2.45) is 16.8 Å². The summed E-state index contributed by atoms with van der Waals surface area (Å²) in [4.78, 5) is 17.7. The highest BCUT2D eigenvalue weighted by Gasteiger charge is 2.48. The minimum Gasteiger partial charge on any atom is -0.316 e. The highest BCUT2D eigenvalue weighted by atomic mass is 32.2. The quantitative estimate of drug-likeness (QED) is 0.644. The predicted molar refractivity (Wildman–Crippen MR) is 137 cm³/mol. The number of carbonyl (C=O) groups excluding carboxylic acids is 1. The molecule has 8 heteroatoms. The molecular weight excluding hydrogens is 448 g/mol. The van der Waals surface area contributed by atoms with Gasteiger partial charge in [-0.05, 0) is 80.8 Å². The Hall–Kier alpha value is -2.03. The maximum atomic E-state index is 13.1. The zero-order chi connectivity index (χ0) is 24.5. The molecule has 1 aromatic carbocycles. The van der Waals surface area contributed by atoms with Crippen LogP contribution < -0.4 is 10.6 Å². The molecule has 1 aliphatic carbocycles. The number of nitrogens with one attached hydrogen (secondary N) is 2. The summed E-state index contributed by atoms with van der Waals surface area (Å²) in [6.45, 7) is 7.67. The van der Waals surface area contributed by atoms with Crippen LogP contribution in [0.15, 0.2) is 22.5 Å². The van der Waals surface area contributed by atoms with E-state index in [0.717, 1.165) is 47.8 Å². The maximum Gasteiger partial charge on any atom is 0.253 e. The number of aryl methyl sites for hydroxylation is 2. The van der Waals surface area contributed by atoms with Crippen molar-refractivity contribution >= 4 is 27.8 Å². The lowest BCUT2D eigenvalue weighted by atomic mass is 9.82. The standard InChI is InChI=1S/C26H38N4O3S/c1-18-5-7-22(8-6-18)24-28-25(31)26(29-24)10-12-30(13-11-26)34(32,33)14-9-23-19(2)15-21(17-27-4)16-20(23)3/h9,14-16,18,22,27H,5-8,10-13,17H2,1-4H3,(H,28,29,31)/b14-9+. The summed E-state index contributed by atoms with van der Waals surface area (Å²) in [7, 11) is -1.67. The van der Waals surface area contributed by atoms with Gasteiger partial charge >= 0.3 is 0 Å². The van der Waals surface area contributed by atoms with Gasteiger partial charge in [-0.15, -0.1) is 0 Å². The van der Waals surface area contributed by atoms with E-state index in [1.54, 1.807) is 6.08 Å². The first-order valence-corrected chi connectivity index (χ1v) is 14.0. The molecule has 186 valence electrons. The van der Waals surface area contributed by atoms with Crippen LogP contribution in [0.25, 0.3) is 6.08 Å². The molecule has 0 unspecified atom stereocenters. The number of carbonyl (C=O) groups is 1. The molecule has 1 amide bonds. The van der Waals surface area contributed by atoms with Crippen LogP contribution in [0, 0.1) is 25.7 Å². The summed E-state index contributed by atoms with van der Waals surface area (Å²) in [5.41, 5.74) is 3.41. The summed E-state index contributed by atoms with van der Waals surface area (Å²) in [5, 5.41) is 7.51. The number of nitrogens with zero attached hydrogens (tertiary/aromatic N) is 2. The second-order valence-corrected chi connectivity index (χ2v) is 12.2. The molecule has 4 rings (SSSR count). The van der Waals surface area contributed by atoms with Crippen molar-refractivity contribution < 1.29 is 13.2 Å². The largest absolute Gasteiger partial charge is 0.316 e. The number of sulfonamides is 1. The summed E-state index contributed by atoms with van der Waals surface area (Å²) < 4.78 is 27.6. The number of amides is 1. The number of amidine groups is 1. The smallest absolute Gasteiger partial charge is 0.253 e. The Morgan fingerprint density at radius 2 is 1.76 bits per heavy atom. The van der Waals surface area contributed by atoms with Crippen molar-refractivity contribution in [1.29, 1.82) is 0 Å². The third-order valence-electron chi connectivity index (χ3n) is 7.75. The molecule has 2 fully saturated rings. The van der Waals surface area contributed by atoms with Gasteiger partial charge in [-0.1, -0.05) is 31.9 Å². The van der Waals surface area contributed by atoms with Crippen LogP contribution in [0.2, 0.25) is 0 Å². The fourth-order valence-corrected chi connectivity index (χ4v) is 6.76. The molecule has 0 radical (unpaired) electrons. The molecule has 2 N–H and O–H groups in total. The van der Waals surface area contributed by atoms with Gasteiger partial charge in [-0.2, -0.15) is 4.31 Å². The molecule has 2 aliphatic heterocycles. The molecule has 34 heavy (non-hydrogen) atoms. The van der Waals surface area contributed by atoms with Gasteiger partial charge in [0.1, 0.15) is 11.4 Å². The molecule has 3 aliphatic rings. The van der Waals surface area contributed by atoms with Gasteiger partial charge in [0.25, 0.3) is 5.91 Å². The van der Waals surface area contributed by atoms with Crippen molar-refractivity contribution in [3.05, 3.63) is 39.8 Å². The van der Waals surface area contributed by atoms with E-state index in [0.29, 0.717) is 31.8 Å². The van der Waals surface area contributed by atoms with E-state index in [1.165, 1.54) is 28.1 Å². The SMILES string of the molecule is CNCc1cc(C)c(/C=C/S(=O)(=O)N2CCC3(CC2)N=C(C2CCC(C)CC2)NC3=O)c(C)c1. The number of hydrogen-bond donors (Lipinski definition) is 2. The van der Waals surface area contributed by atoms with Crippen molar-refractivity contribution in [1.82, 2.24) is 14.9 Å². The Bertz CT molecular complexity index is 1070. The Kier molecular flexibility index (Phi) is 7.31. The third kappa shape index (κ3) is 5.14. The molecule has 0 bridgehead atoms. The van der Waals surface area contributed by atoms with Gasteiger partial charge in [-0.3, -0.25) is 9.79 Å². The van der Waals surface area contributed by atoms with E-state index >= 15 is 0 Å². The molecule has 1 saturated heterocycles. The average Bonchev–Trinajstić information content (AvgIpc) is 3.09. The molecule has 7 nitrogen and oxygen atoms in total. The summed E-state index contributed by atoms with van der Waals surface area (Å²) in [5.74, 6) is 1.85. The van der Waals surface area contributed by atoms with Gasteiger partial charge in [0.2, 0.25) is 10.0 Å².